The zero-order valence-corrected chi connectivity index (χ0v) is 12.9. The van der Waals surface area contributed by atoms with Crippen molar-refractivity contribution in [3.63, 3.8) is 0 Å². The molecule has 1 amide bonds. The van der Waals surface area contributed by atoms with Gasteiger partial charge in [-0.2, -0.15) is 0 Å². The van der Waals surface area contributed by atoms with Crippen LogP contribution < -0.4 is 10.2 Å². The molecule has 5 nitrogen and oxygen atoms in total. The summed E-state index contributed by atoms with van der Waals surface area (Å²) in [5.74, 6) is 0.558. The fourth-order valence-corrected chi connectivity index (χ4v) is 2.59. The van der Waals surface area contributed by atoms with Crippen molar-refractivity contribution in [1.82, 2.24) is 10.2 Å². The van der Waals surface area contributed by atoms with Crippen LogP contribution in [-0.2, 0) is 0 Å². The first-order valence-corrected chi connectivity index (χ1v) is 7.76. The monoisotopic (exact) mass is 316 g/mol. The molecule has 0 atom stereocenters. The molecule has 6 heteroatoms. The lowest BCUT2D eigenvalue weighted by Crippen LogP contribution is -2.30. The van der Waals surface area contributed by atoms with E-state index < -0.39 is 0 Å². The zero-order valence-electron chi connectivity index (χ0n) is 12.1. The number of carbonyl (C=O) groups is 1. The van der Waals surface area contributed by atoms with Gasteiger partial charge in [-0.05, 0) is 55.7 Å². The van der Waals surface area contributed by atoms with Crippen molar-refractivity contribution in [3.05, 3.63) is 47.1 Å². The molecule has 1 aliphatic rings. The van der Waals surface area contributed by atoms with Gasteiger partial charge in [-0.1, -0.05) is 11.6 Å². The van der Waals surface area contributed by atoms with E-state index in [2.05, 4.69) is 20.4 Å². The molecule has 3 rings (SSSR count). The Morgan fingerprint density at radius 3 is 2.36 bits per heavy atom. The minimum absolute atomic E-state index is 0.278. The van der Waals surface area contributed by atoms with Crippen molar-refractivity contribution in [3.8, 4) is 0 Å². The largest absolute Gasteiger partial charge is 0.355 e. The summed E-state index contributed by atoms with van der Waals surface area (Å²) in [7, 11) is 0. The van der Waals surface area contributed by atoms with Gasteiger partial charge in [0.15, 0.2) is 11.5 Å². The molecule has 2 aromatic rings. The van der Waals surface area contributed by atoms with Crippen molar-refractivity contribution in [2.45, 2.75) is 19.3 Å². The molecule has 1 aliphatic heterocycles. The SMILES string of the molecule is O=C(Nc1ccc(Cl)cc1)c1ccc(N2CCCCC2)nn1. The van der Waals surface area contributed by atoms with Crippen LogP contribution in [0.1, 0.15) is 29.8 Å². The Labute approximate surface area is 134 Å². The van der Waals surface area contributed by atoms with Crippen molar-refractivity contribution in [2.75, 3.05) is 23.3 Å². The maximum atomic E-state index is 12.1. The number of nitrogens with one attached hydrogen (secondary N) is 1. The zero-order chi connectivity index (χ0) is 15.4. The third-order valence-electron chi connectivity index (χ3n) is 3.67. The van der Waals surface area contributed by atoms with Gasteiger partial charge in [-0.15, -0.1) is 10.2 Å². The topological polar surface area (TPSA) is 58.1 Å². The first-order valence-electron chi connectivity index (χ1n) is 7.38. The molecule has 1 aromatic heterocycles. The third kappa shape index (κ3) is 3.54. The molecule has 1 fully saturated rings. The van der Waals surface area contributed by atoms with Crippen LogP contribution in [0.2, 0.25) is 5.02 Å². The van der Waals surface area contributed by atoms with Crippen LogP contribution in [0.3, 0.4) is 0 Å². The number of hydrogen-bond acceptors (Lipinski definition) is 4. The highest BCUT2D eigenvalue weighted by molar-refractivity contribution is 6.30. The highest BCUT2D eigenvalue weighted by Crippen LogP contribution is 2.17. The molecule has 2 heterocycles. The lowest BCUT2D eigenvalue weighted by atomic mass is 10.1. The van der Waals surface area contributed by atoms with Crippen molar-refractivity contribution in [1.29, 1.82) is 0 Å². The number of carbonyl (C=O) groups excluding carboxylic acids is 1. The van der Waals surface area contributed by atoms with Crippen LogP contribution >= 0.6 is 11.6 Å². The van der Waals surface area contributed by atoms with E-state index in [1.807, 2.05) is 6.07 Å². The van der Waals surface area contributed by atoms with Crippen molar-refractivity contribution in [2.24, 2.45) is 0 Å². The molecule has 1 aromatic carbocycles. The molecule has 0 saturated carbocycles. The normalized spacial score (nSPS) is 14.7. The quantitative estimate of drug-likeness (QED) is 0.943. The predicted molar refractivity (Wildman–Crippen MR) is 87.5 cm³/mol. The van der Waals surface area contributed by atoms with Crippen LogP contribution in [-0.4, -0.2) is 29.2 Å². The van der Waals surface area contributed by atoms with E-state index in [1.54, 1.807) is 30.3 Å². The van der Waals surface area contributed by atoms with Gasteiger partial charge in [-0.3, -0.25) is 4.79 Å². The fourth-order valence-electron chi connectivity index (χ4n) is 2.47. The van der Waals surface area contributed by atoms with Gasteiger partial charge in [0.1, 0.15) is 0 Å². The maximum absolute atomic E-state index is 12.1. The predicted octanol–water partition coefficient (Wildman–Crippen LogP) is 3.37. The number of hydrogen-bond donors (Lipinski definition) is 1. The van der Waals surface area contributed by atoms with Gasteiger partial charge >= 0.3 is 0 Å². The smallest absolute Gasteiger partial charge is 0.276 e. The standard InChI is InChI=1S/C16H17ClN4O/c17-12-4-6-13(7-5-12)18-16(22)14-8-9-15(20-19-14)21-10-2-1-3-11-21/h4-9H,1-3,10-11H2,(H,18,22). The Balaban J connectivity index is 1.66. The van der Waals surface area contributed by atoms with E-state index in [4.69, 9.17) is 11.6 Å². The number of rotatable bonds is 3. The van der Waals surface area contributed by atoms with E-state index >= 15 is 0 Å². The van der Waals surface area contributed by atoms with Crippen LogP contribution in [0.4, 0.5) is 11.5 Å². The lowest BCUT2D eigenvalue weighted by molar-refractivity contribution is 0.102. The van der Waals surface area contributed by atoms with Crippen LogP contribution in [0.25, 0.3) is 0 Å². The second kappa shape index (κ2) is 6.75. The third-order valence-corrected chi connectivity index (χ3v) is 3.92. The molecule has 1 N–H and O–H groups in total. The summed E-state index contributed by atoms with van der Waals surface area (Å²) in [6, 6.07) is 10.5. The summed E-state index contributed by atoms with van der Waals surface area (Å²) in [5.41, 5.74) is 0.979. The van der Waals surface area contributed by atoms with Gasteiger partial charge in [0.2, 0.25) is 0 Å². The molecule has 0 aliphatic carbocycles. The molecule has 0 unspecified atom stereocenters. The Morgan fingerprint density at radius 2 is 1.73 bits per heavy atom. The van der Waals surface area contributed by atoms with E-state index in [0.717, 1.165) is 18.9 Å². The highest BCUT2D eigenvalue weighted by Gasteiger charge is 2.14. The molecule has 0 bridgehead atoms. The average Bonchev–Trinajstić information content (AvgIpc) is 2.58. The minimum Gasteiger partial charge on any atom is -0.355 e. The Hall–Kier alpha value is -2.14. The van der Waals surface area contributed by atoms with Crippen molar-refractivity contribution < 1.29 is 4.79 Å². The molecule has 1 saturated heterocycles. The van der Waals surface area contributed by atoms with E-state index in [1.165, 1.54) is 19.3 Å². The molecule has 0 spiro atoms. The van der Waals surface area contributed by atoms with Gasteiger partial charge < -0.3 is 10.2 Å². The number of aromatic nitrogens is 2. The summed E-state index contributed by atoms with van der Waals surface area (Å²) < 4.78 is 0. The van der Waals surface area contributed by atoms with E-state index in [9.17, 15) is 4.79 Å². The first kappa shape index (κ1) is 14.8. The average molecular weight is 317 g/mol. The Kier molecular flexibility index (Phi) is 4.53. The maximum Gasteiger partial charge on any atom is 0.276 e. The number of halogens is 1. The minimum atomic E-state index is -0.278. The Bertz CT molecular complexity index is 636. The summed E-state index contributed by atoms with van der Waals surface area (Å²) >= 11 is 5.82. The lowest BCUT2D eigenvalue weighted by Gasteiger charge is -2.27. The molecular formula is C16H17ClN4O. The van der Waals surface area contributed by atoms with Crippen LogP contribution in [0, 0.1) is 0 Å². The summed E-state index contributed by atoms with van der Waals surface area (Å²) in [6.07, 6.45) is 3.63. The molecule has 22 heavy (non-hydrogen) atoms. The van der Waals surface area contributed by atoms with E-state index in [0.29, 0.717) is 16.4 Å². The summed E-state index contributed by atoms with van der Waals surface area (Å²) in [6.45, 7) is 2.01. The van der Waals surface area contributed by atoms with Gasteiger partial charge in [-0.25, -0.2) is 0 Å². The summed E-state index contributed by atoms with van der Waals surface area (Å²) in [4.78, 5) is 14.3. The molecular weight excluding hydrogens is 300 g/mol. The highest BCUT2D eigenvalue weighted by atomic mass is 35.5. The second-order valence-corrected chi connectivity index (χ2v) is 5.72. The van der Waals surface area contributed by atoms with Crippen LogP contribution in [0.5, 0.6) is 0 Å². The number of anilines is 2. The van der Waals surface area contributed by atoms with Gasteiger partial charge in [0, 0.05) is 23.8 Å². The number of amides is 1. The van der Waals surface area contributed by atoms with Crippen LogP contribution in [0.15, 0.2) is 36.4 Å². The first-order chi connectivity index (χ1) is 10.7. The molecule has 0 radical (unpaired) electrons. The summed E-state index contributed by atoms with van der Waals surface area (Å²) in [5, 5.41) is 11.6. The Morgan fingerprint density at radius 1 is 1.00 bits per heavy atom. The molecule has 114 valence electrons. The van der Waals surface area contributed by atoms with E-state index in [-0.39, 0.29) is 5.91 Å². The fraction of sp³-hybridized carbons (Fsp3) is 0.312. The van der Waals surface area contributed by atoms with Gasteiger partial charge in [0.25, 0.3) is 5.91 Å². The number of nitrogens with zero attached hydrogens (tertiary/aromatic N) is 3. The van der Waals surface area contributed by atoms with Crippen molar-refractivity contribution >= 4 is 29.0 Å². The van der Waals surface area contributed by atoms with Gasteiger partial charge in [0.05, 0.1) is 0 Å². The number of piperidine rings is 1. The second-order valence-electron chi connectivity index (χ2n) is 5.29. The number of benzene rings is 1.